The second-order valence-electron chi connectivity index (χ2n) is 5.72. The van der Waals surface area contributed by atoms with Gasteiger partial charge >= 0.3 is 12.6 Å². The lowest BCUT2D eigenvalue weighted by Gasteiger charge is -2.17. The van der Waals surface area contributed by atoms with Gasteiger partial charge in [0, 0.05) is 5.56 Å². The zero-order valence-corrected chi connectivity index (χ0v) is 15.2. The fourth-order valence-corrected chi connectivity index (χ4v) is 3.09. The number of hydrogen-bond acceptors (Lipinski definition) is 7. The predicted molar refractivity (Wildman–Crippen MR) is 94.4 cm³/mol. The summed E-state index contributed by atoms with van der Waals surface area (Å²) in [6, 6.07) is 4.74. The smallest absolute Gasteiger partial charge is 0.387 e. The molecule has 0 bridgehead atoms. The van der Waals surface area contributed by atoms with Crippen LogP contribution in [0.4, 0.5) is 13.6 Å². The van der Waals surface area contributed by atoms with E-state index < -0.39 is 23.8 Å². The van der Waals surface area contributed by atoms with Crippen LogP contribution in [0, 0.1) is 5.92 Å². The predicted octanol–water partition coefficient (Wildman–Crippen LogP) is 1.57. The number of amides is 3. The Hall–Kier alpha value is -2.89. The maximum Gasteiger partial charge on any atom is 0.387 e. The number of aromatic nitrogens is 3. The van der Waals surface area contributed by atoms with E-state index in [4.69, 9.17) is 11.6 Å². The highest BCUT2D eigenvalue weighted by Crippen LogP contribution is 2.29. The number of benzene rings is 1. The standard InChI is InChI=1S/C15H18F2N6O3S/c1-7(2)10(12(24)20-14(18)25)27-15-22-21-11(23(15)19)8-3-5-9(6-4-8)26-13(16)17/h3-7,10,13H,19H2,1-2H3,(H3,18,20,24,25). The van der Waals surface area contributed by atoms with E-state index >= 15 is 0 Å². The molecule has 3 amide bonds. The third kappa shape index (κ3) is 5.29. The van der Waals surface area contributed by atoms with Crippen molar-refractivity contribution < 1.29 is 23.1 Å². The van der Waals surface area contributed by atoms with Crippen LogP contribution in [0.5, 0.6) is 5.75 Å². The summed E-state index contributed by atoms with van der Waals surface area (Å²) in [7, 11) is 0. The highest BCUT2D eigenvalue weighted by Gasteiger charge is 2.27. The van der Waals surface area contributed by atoms with Crippen LogP contribution in [0.3, 0.4) is 0 Å². The fourth-order valence-electron chi connectivity index (χ4n) is 2.14. The molecule has 0 fully saturated rings. The Bertz CT molecular complexity index is 812. The van der Waals surface area contributed by atoms with E-state index in [1.165, 1.54) is 28.9 Å². The summed E-state index contributed by atoms with van der Waals surface area (Å²) < 4.78 is 29.9. The van der Waals surface area contributed by atoms with Crippen LogP contribution in [0.15, 0.2) is 29.4 Å². The molecule has 12 heteroatoms. The number of nitrogens with two attached hydrogens (primary N) is 2. The number of nitrogens with one attached hydrogen (secondary N) is 1. The summed E-state index contributed by atoms with van der Waals surface area (Å²) in [6.45, 7) is 0.660. The molecule has 9 nitrogen and oxygen atoms in total. The summed E-state index contributed by atoms with van der Waals surface area (Å²) in [6.07, 6.45) is 0. The first kappa shape index (κ1) is 20.4. The van der Waals surface area contributed by atoms with Crippen LogP contribution in [0.25, 0.3) is 11.4 Å². The SMILES string of the molecule is CC(C)C(Sc1nnc(-c2ccc(OC(F)F)cc2)n1N)C(=O)NC(N)=O. The lowest BCUT2D eigenvalue weighted by Crippen LogP contribution is -2.42. The van der Waals surface area contributed by atoms with Gasteiger partial charge in [-0.3, -0.25) is 10.1 Å². The summed E-state index contributed by atoms with van der Waals surface area (Å²) in [5.41, 5.74) is 5.50. The van der Waals surface area contributed by atoms with Crippen molar-refractivity contribution in [3.05, 3.63) is 24.3 Å². The number of carbonyl (C=O) groups excluding carboxylic acids is 2. The van der Waals surface area contributed by atoms with Gasteiger partial charge in [-0.25, -0.2) is 9.47 Å². The Morgan fingerprint density at radius 3 is 2.37 bits per heavy atom. The molecule has 1 unspecified atom stereocenters. The van der Waals surface area contributed by atoms with Crippen LogP contribution < -0.4 is 21.6 Å². The van der Waals surface area contributed by atoms with Crippen molar-refractivity contribution >= 4 is 23.7 Å². The van der Waals surface area contributed by atoms with Gasteiger partial charge in [-0.2, -0.15) is 8.78 Å². The molecule has 1 aromatic heterocycles. The molecular formula is C15H18F2N6O3S. The third-order valence-electron chi connectivity index (χ3n) is 3.34. The highest BCUT2D eigenvalue weighted by molar-refractivity contribution is 8.00. The van der Waals surface area contributed by atoms with E-state index in [-0.39, 0.29) is 22.6 Å². The Labute approximate surface area is 157 Å². The Balaban J connectivity index is 2.20. The number of primary amides is 1. The lowest BCUT2D eigenvalue weighted by molar-refractivity contribution is -0.120. The largest absolute Gasteiger partial charge is 0.435 e. The molecule has 2 rings (SSSR count). The van der Waals surface area contributed by atoms with Gasteiger partial charge in [0.15, 0.2) is 5.82 Å². The molecule has 146 valence electrons. The zero-order chi connectivity index (χ0) is 20.1. The number of ether oxygens (including phenoxy) is 1. The molecule has 2 aromatic rings. The van der Waals surface area contributed by atoms with E-state index in [0.29, 0.717) is 5.56 Å². The number of imide groups is 1. The number of halogens is 2. The van der Waals surface area contributed by atoms with Crippen molar-refractivity contribution in [2.75, 3.05) is 5.84 Å². The summed E-state index contributed by atoms with van der Waals surface area (Å²) in [5, 5.41) is 9.49. The normalized spacial score (nSPS) is 12.2. The van der Waals surface area contributed by atoms with E-state index in [1.54, 1.807) is 13.8 Å². The first-order valence-electron chi connectivity index (χ1n) is 7.71. The molecule has 1 heterocycles. The molecule has 0 saturated carbocycles. The van der Waals surface area contributed by atoms with E-state index in [0.717, 1.165) is 11.8 Å². The van der Waals surface area contributed by atoms with Crippen molar-refractivity contribution in [3.8, 4) is 17.1 Å². The first-order chi connectivity index (χ1) is 12.7. The van der Waals surface area contributed by atoms with Gasteiger partial charge in [-0.05, 0) is 30.2 Å². The van der Waals surface area contributed by atoms with Crippen LogP contribution in [0.2, 0.25) is 0 Å². The number of hydrogen-bond donors (Lipinski definition) is 3. The van der Waals surface area contributed by atoms with Gasteiger partial charge in [0.1, 0.15) is 5.75 Å². The molecule has 0 aliphatic heterocycles. The Morgan fingerprint density at radius 2 is 1.85 bits per heavy atom. The fraction of sp³-hybridized carbons (Fsp3) is 0.333. The molecule has 0 aliphatic rings. The number of thioether (sulfide) groups is 1. The van der Waals surface area contributed by atoms with Gasteiger partial charge in [0.05, 0.1) is 5.25 Å². The maximum atomic E-state index is 12.2. The van der Waals surface area contributed by atoms with Crippen molar-refractivity contribution in [1.29, 1.82) is 0 Å². The Kier molecular flexibility index (Phi) is 6.55. The Morgan fingerprint density at radius 1 is 1.22 bits per heavy atom. The molecule has 1 atom stereocenters. The molecule has 0 radical (unpaired) electrons. The van der Waals surface area contributed by atoms with E-state index in [2.05, 4.69) is 14.9 Å². The van der Waals surface area contributed by atoms with Gasteiger partial charge in [-0.1, -0.05) is 25.6 Å². The second kappa shape index (κ2) is 8.66. The van der Waals surface area contributed by atoms with Crippen molar-refractivity contribution in [1.82, 2.24) is 20.2 Å². The minimum atomic E-state index is -2.92. The summed E-state index contributed by atoms with van der Waals surface area (Å²) in [4.78, 5) is 23.0. The monoisotopic (exact) mass is 400 g/mol. The van der Waals surface area contributed by atoms with Gasteiger partial charge < -0.3 is 16.3 Å². The molecule has 27 heavy (non-hydrogen) atoms. The molecule has 5 N–H and O–H groups in total. The van der Waals surface area contributed by atoms with Gasteiger partial charge in [0.25, 0.3) is 0 Å². The molecule has 0 aliphatic carbocycles. The van der Waals surface area contributed by atoms with E-state index in [1.807, 2.05) is 5.32 Å². The number of alkyl halides is 2. The average molecular weight is 400 g/mol. The third-order valence-corrected chi connectivity index (χ3v) is 4.85. The minimum absolute atomic E-state index is 0.00516. The number of nitrogen functional groups attached to an aromatic ring is 1. The average Bonchev–Trinajstić information content (AvgIpc) is 2.92. The van der Waals surface area contributed by atoms with Crippen molar-refractivity contribution in [2.24, 2.45) is 11.7 Å². The molecule has 1 aromatic carbocycles. The number of rotatable bonds is 7. The molecule has 0 spiro atoms. The van der Waals surface area contributed by atoms with Gasteiger partial charge in [-0.15, -0.1) is 10.2 Å². The minimum Gasteiger partial charge on any atom is -0.435 e. The van der Waals surface area contributed by atoms with Crippen molar-refractivity contribution in [3.63, 3.8) is 0 Å². The first-order valence-corrected chi connectivity index (χ1v) is 8.59. The summed E-state index contributed by atoms with van der Waals surface area (Å²) in [5.74, 6) is 5.54. The van der Waals surface area contributed by atoms with Crippen molar-refractivity contribution in [2.45, 2.75) is 30.9 Å². The topological polar surface area (TPSA) is 138 Å². The van der Waals surface area contributed by atoms with Crippen LogP contribution in [0.1, 0.15) is 13.8 Å². The molecule has 0 saturated heterocycles. The maximum absolute atomic E-state index is 12.2. The van der Waals surface area contributed by atoms with Crippen LogP contribution in [-0.2, 0) is 4.79 Å². The lowest BCUT2D eigenvalue weighted by atomic mass is 10.1. The quantitative estimate of drug-likeness (QED) is 0.474. The summed E-state index contributed by atoms with van der Waals surface area (Å²) >= 11 is 1.02. The zero-order valence-electron chi connectivity index (χ0n) is 14.4. The van der Waals surface area contributed by atoms with Gasteiger partial charge in [0.2, 0.25) is 11.1 Å². The highest BCUT2D eigenvalue weighted by atomic mass is 32.2. The number of urea groups is 1. The second-order valence-corrected chi connectivity index (χ2v) is 6.82. The molecular weight excluding hydrogens is 382 g/mol. The van der Waals surface area contributed by atoms with Crippen LogP contribution in [-0.4, -0.2) is 38.7 Å². The number of nitrogens with zero attached hydrogens (tertiary/aromatic N) is 3. The van der Waals surface area contributed by atoms with Crippen LogP contribution >= 0.6 is 11.8 Å². The number of carbonyl (C=O) groups is 2. The van der Waals surface area contributed by atoms with E-state index in [9.17, 15) is 18.4 Å².